The molecule has 1 aliphatic heterocycles. The van der Waals surface area contributed by atoms with Crippen LogP contribution in [0.4, 0.5) is 5.95 Å². The molecule has 1 N–H and O–H groups in total. The Kier molecular flexibility index (Phi) is 4.91. The fourth-order valence-corrected chi connectivity index (χ4v) is 2.93. The second-order valence-corrected chi connectivity index (χ2v) is 6.56. The van der Waals surface area contributed by atoms with Crippen molar-refractivity contribution in [2.24, 2.45) is 0 Å². The van der Waals surface area contributed by atoms with E-state index in [9.17, 15) is 0 Å². The smallest absolute Gasteiger partial charge is 0.226 e. The Morgan fingerprint density at radius 1 is 1.04 bits per heavy atom. The quantitative estimate of drug-likeness (QED) is 0.943. The number of aryl methyl sites for hydroxylation is 1. The van der Waals surface area contributed by atoms with E-state index in [1.165, 1.54) is 5.56 Å². The third-order valence-corrected chi connectivity index (χ3v) is 4.34. The van der Waals surface area contributed by atoms with E-state index in [-0.39, 0.29) is 0 Å². The van der Waals surface area contributed by atoms with Gasteiger partial charge in [0, 0.05) is 30.9 Å². The van der Waals surface area contributed by atoms with Crippen LogP contribution in [-0.4, -0.2) is 36.1 Å². The predicted molar refractivity (Wildman–Crippen MR) is 96.0 cm³/mol. The van der Waals surface area contributed by atoms with Crippen molar-refractivity contribution in [1.82, 2.24) is 15.3 Å². The molecule has 1 aromatic heterocycles. The predicted octanol–water partition coefficient (Wildman–Crippen LogP) is 3.38. The van der Waals surface area contributed by atoms with Gasteiger partial charge < -0.3 is 10.2 Å². The van der Waals surface area contributed by atoms with Crippen LogP contribution < -0.4 is 10.2 Å². The first kappa shape index (κ1) is 15.9. The van der Waals surface area contributed by atoms with Gasteiger partial charge in [-0.2, -0.15) is 0 Å². The average molecular weight is 310 g/mol. The van der Waals surface area contributed by atoms with Crippen LogP contribution >= 0.6 is 0 Å². The fourth-order valence-electron chi connectivity index (χ4n) is 2.93. The molecule has 2 heterocycles. The standard InChI is InChI=1S/C19H26N4/c1-14(2)16-5-7-17(8-6-16)18-13-15(3)21-19(22-18)23-11-4-9-20-10-12-23/h5-8,13-14,20H,4,9-12H2,1-3H3. The first-order valence-electron chi connectivity index (χ1n) is 8.55. The second kappa shape index (κ2) is 7.09. The van der Waals surface area contributed by atoms with Gasteiger partial charge in [0.05, 0.1) is 5.69 Å². The van der Waals surface area contributed by atoms with E-state index < -0.39 is 0 Å². The zero-order valence-corrected chi connectivity index (χ0v) is 14.3. The molecule has 1 fully saturated rings. The minimum absolute atomic E-state index is 0.552. The molecule has 4 heteroatoms. The number of benzene rings is 1. The topological polar surface area (TPSA) is 41.1 Å². The van der Waals surface area contributed by atoms with Gasteiger partial charge in [0.2, 0.25) is 5.95 Å². The molecule has 122 valence electrons. The number of rotatable bonds is 3. The van der Waals surface area contributed by atoms with E-state index in [0.29, 0.717) is 5.92 Å². The van der Waals surface area contributed by atoms with Crippen LogP contribution in [0.1, 0.15) is 37.4 Å². The highest BCUT2D eigenvalue weighted by molar-refractivity contribution is 5.61. The number of hydrogen-bond donors (Lipinski definition) is 1. The lowest BCUT2D eigenvalue weighted by atomic mass is 10.0. The minimum Gasteiger partial charge on any atom is -0.339 e. The molecule has 23 heavy (non-hydrogen) atoms. The van der Waals surface area contributed by atoms with Crippen molar-refractivity contribution in [1.29, 1.82) is 0 Å². The van der Waals surface area contributed by atoms with Crippen molar-refractivity contribution in [3.63, 3.8) is 0 Å². The summed E-state index contributed by atoms with van der Waals surface area (Å²) < 4.78 is 0. The number of aromatic nitrogens is 2. The first-order valence-corrected chi connectivity index (χ1v) is 8.55. The fraction of sp³-hybridized carbons (Fsp3) is 0.474. The van der Waals surface area contributed by atoms with Crippen molar-refractivity contribution in [3.8, 4) is 11.3 Å². The number of hydrogen-bond acceptors (Lipinski definition) is 4. The van der Waals surface area contributed by atoms with E-state index in [1.54, 1.807) is 0 Å². The maximum Gasteiger partial charge on any atom is 0.226 e. The van der Waals surface area contributed by atoms with E-state index in [0.717, 1.165) is 55.5 Å². The van der Waals surface area contributed by atoms with Crippen LogP contribution in [-0.2, 0) is 0 Å². The molecule has 0 atom stereocenters. The molecular formula is C19H26N4. The van der Waals surface area contributed by atoms with Gasteiger partial charge in [-0.3, -0.25) is 0 Å². The van der Waals surface area contributed by atoms with Gasteiger partial charge in [-0.25, -0.2) is 9.97 Å². The van der Waals surface area contributed by atoms with Crippen LogP contribution in [0.2, 0.25) is 0 Å². The Morgan fingerprint density at radius 3 is 2.57 bits per heavy atom. The third-order valence-electron chi connectivity index (χ3n) is 4.34. The maximum absolute atomic E-state index is 4.83. The molecule has 1 aliphatic rings. The Hall–Kier alpha value is -1.94. The van der Waals surface area contributed by atoms with Crippen LogP contribution in [0.15, 0.2) is 30.3 Å². The summed E-state index contributed by atoms with van der Waals surface area (Å²) in [6.07, 6.45) is 1.13. The third kappa shape index (κ3) is 3.88. The lowest BCUT2D eigenvalue weighted by Gasteiger charge is -2.21. The molecule has 1 aromatic carbocycles. The van der Waals surface area contributed by atoms with Crippen molar-refractivity contribution in [2.75, 3.05) is 31.1 Å². The summed E-state index contributed by atoms with van der Waals surface area (Å²) in [6, 6.07) is 10.8. The zero-order valence-electron chi connectivity index (χ0n) is 14.3. The van der Waals surface area contributed by atoms with Gasteiger partial charge in [0.15, 0.2) is 0 Å². The van der Waals surface area contributed by atoms with Gasteiger partial charge in [0.25, 0.3) is 0 Å². The van der Waals surface area contributed by atoms with Gasteiger partial charge >= 0.3 is 0 Å². The Bertz CT molecular complexity index is 641. The highest BCUT2D eigenvalue weighted by atomic mass is 15.3. The summed E-state index contributed by atoms with van der Waals surface area (Å²) in [4.78, 5) is 11.8. The van der Waals surface area contributed by atoms with Crippen molar-refractivity contribution in [3.05, 3.63) is 41.6 Å². The molecule has 0 spiro atoms. The van der Waals surface area contributed by atoms with E-state index in [4.69, 9.17) is 4.98 Å². The molecule has 2 aromatic rings. The molecule has 0 saturated carbocycles. The average Bonchev–Trinajstić information content (AvgIpc) is 2.83. The molecule has 1 saturated heterocycles. The summed E-state index contributed by atoms with van der Waals surface area (Å²) in [6.45, 7) is 10.5. The van der Waals surface area contributed by atoms with Gasteiger partial charge in [0.1, 0.15) is 0 Å². The molecule has 0 amide bonds. The summed E-state index contributed by atoms with van der Waals surface area (Å²) in [7, 11) is 0. The highest BCUT2D eigenvalue weighted by Gasteiger charge is 2.14. The molecule has 4 nitrogen and oxygen atoms in total. The van der Waals surface area contributed by atoms with Gasteiger partial charge in [-0.15, -0.1) is 0 Å². The van der Waals surface area contributed by atoms with Crippen LogP contribution in [0.3, 0.4) is 0 Å². The van der Waals surface area contributed by atoms with E-state index >= 15 is 0 Å². The summed E-state index contributed by atoms with van der Waals surface area (Å²) in [5.41, 5.74) is 4.56. The van der Waals surface area contributed by atoms with Crippen molar-refractivity contribution >= 4 is 5.95 Å². The van der Waals surface area contributed by atoms with Crippen LogP contribution in [0.5, 0.6) is 0 Å². The van der Waals surface area contributed by atoms with Crippen molar-refractivity contribution in [2.45, 2.75) is 33.1 Å². The number of nitrogens with one attached hydrogen (secondary N) is 1. The normalized spacial score (nSPS) is 15.7. The summed E-state index contributed by atoms with van der Waals surface area (Å²) >= 11 is 0. The summed E-state index contributed by atoms with van der Waals surface area (Å²) in [5, 5.41) is 3.43. The van der Waals surface area contributed by atoms with Crippen molar-refractivity contribution < 1.29 is 0 Å². The maximum atomic E-state index is 4.83. The Labute approximate surface area is 139 Å². The number of anilines is 1. The zero-order chi connectivity index (χ0) is 16.2. The summed E-state index contributed by atoms with van der Waals surface area (Å²) in [5.74, 6) is 1.41. The molecule has 0 radical (unpaired) electrons. The van der Waals surface area contributed by atoms with Gasteiger partial charge in [-0.05, 0) is 37.4 Å². The SMILES string of the molecule is Cc1cc(-c2ccc(C(C)C)cc2)nc(N2CCCNCC2)n1. The lowest BCUT2D eigenvalue weighted by molar-refractivity contribution is 0.724. The molecule has 3 rings (SSSR count). The highest BCUT2D eigenvalue weighted by Crippen LogP contribution is 2.23. The second-order valence-electron chi connectivity index (χ2n) is 6.56. The Balaban J connectivity index is 1.90. The monoisotopic (exact) mass is 310 g/mol. The largest absolute Gasteiger partial charge is 0.339 e. The minimum atomic E-state index is 0.552. The molecule has 0 aliphatic carbocycles. The Morgan fingerprint density at radius 2 is 1.83 bits per heavy atom. The van der Waals surface area contributed by atoms with E-state index in [1.807, 2.05) is 6.92 Å². The van der Waals surface area contributed by atoms with Crippen LogP contribution in [0, 0.1) is 6.92 Å². The molecule has 0 bridgehead atoms. The van der Waals surface area contributed by atoms with Gasteiger partial charge in [-0.1, -0.05) is 38.1 Å². The van der Waals surface area contributed by atoms with E-state index in [2.05, 4.69) is 59.4 Å². The first-order chi connectivity index (χ1) is 11.1. The number of nitrogens with zero attached hydrogens (tertiary/aromatic N) is 3. The lowest BCUT2D eigenvalue weighted by Crippen LogP contribution is -2.29. The molecule has 0 unspecified atom stereocenters. The van der Waals surface area contributed by atoms with Crippen LogP contribution in [0.25, 0.3) is 11.3 Å². The molecular weight excluding hydrogens is 284 g/mol.